The number of rotatable bonds is 7. The molecule has 6 nitrogen and oxygen atoms in total. The summed E-state index contributed by atoms with van der Waals surface area (Å²) >= 11 is 5.52. The lowest BCUT2D eigenvalue weighted by molar-refractivity contribution is -0.116. The zero-order chi connectivity index (χ0) is 20.7. The summed E-state index contributed by atoms with van der Waals surface area (Å²) in [5, 5.41) is 6.58. The van der Waals surface area contributed by atoms with E-state index < -0.39 is 0 Å². The van der Waals surface area contributed by atoms with Gasteiger partial charge in [0.15, 0.2) is 5.11 Å². The van der Waals surface area contributed by atoms with E-state index in [-0.39, 0.29) is 12.5 Å². The molecule has 0 spiro atoms. The standard InChI is InChI=1S/C21H27N3O3S/c1-6-24(13-19(25)23-20-14(2)8-7-9-15(20)3)21(28)22-17-12-16(26-4)10-11-18(17)27-5/h7-12H,6,13H2,1-5H3,(H,22,28)(H,23,25). The van der Waals surface area contributed by atoms with Crippen LogP contribution in [0.25, 0.3) is 0 Å². The van der Waals surface area contributed by atoms with Crippen molar-refractivity contribution in [3.8, 4) is 11.5 Å². The number of thiocarbonyl (C=S) groups is 1. The number of anilines is 2. The zero-order valence-corrected chi connectivity index (χ0v) is 17.8. The van der Waals surface area contributed by atoms with E-state index in [2.05, 4.69) is 10.6 Å². The Hall–Kier alpha value is -2.80. The first kappa shape index (κ1) is 21.5. The van der Waals surface area contributed by atoms with Crippen LogP contribution in [-0.4, -0.2) is 43.2 Å². The first-order chi connectivity index (χ1) is 13.4. The molecular weight excluding hydrogens is 374 g/mol. The van der Waals surface area contributed by atoms with Crippen molar-refractivity contribution in [1.82, 2.24) is 4.90 Å². The molecule has 0 aliphatic rings. The summed E-state index contributed by atoms with van der Waals surface area (Å²) in [6.45, 7) is 6.62. The molecule has 2 rings (SSSR count). The van der Waals surface area contributed by atoms with Gasteiger partial charge in [0, 0.05) is 18.3 Å². The lowest BCUT2D eigenvalue weighted by Crippen LogP contribution is -2.40. The maximum absolute atomic E-state index is 12.6. The van der Waals surface area contributed by atoms with Crippen molar-refractivity contribution in [3.63, 3.8) is 0 Å². The number of carbonyl (C=O) groups is 1. The van der Waals surface area contributed by atoms with Gasteiger partial charge in [0.2, 0.25) is 5.91 Å². The Morgan fingerprint density at radius 2 is 1.75 bits per heavy atom. The molecule has 2 aromatic rings. The minimum absolute atomic E-state index is 0.124. The highest BCUT2D eigenvalue weighted by Gasteiger charge is 2.16. The molecule has 0 fully saturated rings. The Balaban J connectivity index is 2.08. The summed E-state index contributed by atoms with van der Waals surface area (Å²) < 4.78 is 10.6. The van der Waals surface area contributed by atoms with Gasteiger partial charge in [-0.3, -0.25) is 4.79 Å². The fourth-order valence-electron chi connectivity index (χ4n) is 2.80. The van der Waals surface area contributed by atoms with Crippen molar-refractivity contribution in [3.05, 3.63) is 47.5 Å². The number of likely N-dealkylation sites (N-methyl/N-ethyl adjacent to an activating group) is 1. The number of benzene rings is 2. The van der Waals surface area contributed by atoms with Crippen molar-refractivity contribution >= 4 is 34.6 Å². The van der Waals surface area contributed by atoms with E-state index in [0.29, 0.717) is 28.8 Å². The number of ether oxygens (including phenoxy) is 2. The van der Waals surface area contributed by atoms with Crippen LogP contribution in [0.15, 0.2) is 36.4 Å². The van der Waals surface area contributed by atoms with Crippen LogP contribution in [0.5, 0.6) is 11.5 Å². The molecule has 0 radical (unpaired) electrons. The average molecular weight is 402 g/mol. The van der Waals surface area contributed by atoms with Gasteiger partial charge in [-0.05, 0) is 56.2 Å². The summed E-state index contributed by atoms with van der Waals surface area (Å²) in [7, 11) is 3.19. The topological polar surface area (TPSA) is 62.8 Å². The second-order valence-electron chi connectivity index (χ2n) is 6.33. The zero-order valence-electron chi connectivity index (χ0n) is 17.0. The SMILES string of the molecule is CCN(CC(=O)Nc1c(C)cccc1C)C(=S)Nc1cc(OC)ccc1OC. The van der Waals surface area contributed by atoms with Gasteiger partial charge >= 0.3 is 0 Å². The summed E-state index contributed by atoms with van der Waals surface area (Å²) in [5.74, 6) is 1.20. The molecule has 0 aromatic heterocycles. The lowest BCUT2D eigenvalue weighted by Gasteiger charge is -2.25. The van der Waals surface area contributed by atoms with Gasteiger partial charge in [0.1, 0.15) is 11.5 Å². The van der Waals surface area contributed by atoms with E-state index >= 15 is 0 Å². The van der Waals surface area contributed by atoms with E-state index in [1.165, 1.54) is 0 Å². The quantitative estimate of drug-likeness (QED) is 0.685. The summed E-state index contributed by atoms with van der Waals surface area (Å²) in [6, 6.07) is 11.3. The van der Waals surface area contributed by atoms with E-state index in [0.717, 1.165) is 16.8 Å². The molecule has 7 heteroatoms. The van der Waals surface area contributed by atoms with Gasteiger partial charge in [0.05, 0.1) is 26.5 Å². The third-order valence-electron chi connectivity index (χ3n) is 4.40. The smallest absolute Gasteiger partial charge is 0.243 e. The molecule has 0 atom stereocenters. The van der Waals surface area contributed by atoms with Crippen LogP contribution >= 0.6 is 12.2 Å². The Morgan fingerprint density at radius 1 is 1.07 bits per heavy atom. The van der Waals surface area contributed by atoms with Crippen LogP contribution in [-0.2, 0) is 4.79 Å². The number of amides is 1. The number of carbonyl (C=O) groups excluding carboxylic acids is 1. The highest BCUT2D eigenvalue weighted by molar-refractivity contribution is 7.80. The van der Waals surface area contributed by atoms with Crippen molar-refractivity contribution in [2.45, 2.75) is 20.8 Å². The number of methoxy groups -OCH3 is 2. The minimum atomic E-state index is -0.124. The summed E-state index contributed by atoms with van der Waals surface area (Å²) in [6.07, 6.45) is 0. The van der Waals surface area contributed by atoms with E-state index in [1.807, 2.05) is 45.0 Å². The predicted octanol–water partition coefficient (Wildman–Crippen LogP) is 3.98. The van der Waals surface area contributed by atoms with Gasteiger partial charge in [-0.15, -0.1) is 0 Å². The Kier molecular flexibility index (Phi) is 7.63. The van der Waals surface area contributed by atoms with Crippen LogP contribution in [0.3, 0.4) is 0 Å². The van der Waals surface area contributed by atoms with Crippen LogP contribution < -0.4 is 20.1 Å². The number of hydrogen-bond donors (Lipinski definition) is 2. The number of nitrogens with zero attached hydrogens (tertiary/aromatic N) is 1. The van der Waals surface area contributed by atoms with Crippen LogP contribution in [0.1, 0.15) is 18.1 Å². The highest BCUT2D eigenvalue weighted by Crippen LogP contribution is 2.29. The first-order valence-corrected chi connectivity index (χ1v) is 9.44. The highest BCUT2D eigenvalue weighted by atomic mass is 32.1. The molecule has 150 valence electrons. The van der Waals surface area contributed by atoms with Crippen molar-refractivity contribution in [2.24, 2.45) is 0 Å². The molecule has 2 aromatic carbocycles. The van der Waals surface area contributed by atoms with E-state index in [4.69, 9.17) is 21.7 Å². The number of aryl methyl sites for hydroxylation is 2. The Labute approximate surface area is 171 Å². The Bertz CT molecular complexity index is 835. The van der Waals surface area contributed by atoms with Gasteiger partial charge in [-0.2, -0.15) is 0 Å². The van der Waals surface area contributed by atoms with Crippen LogP contribution in [0.2, 0.25) is 0 Å². The van der Waals surface area contributed by atoms with Crippen molar-refractivity contribution < 1.29 is 14.3 Å². The normalized spacial score (nSPS) is 10.2. The average Bonchev–Trinajstić information content (AvgIpc) is 2.68. The molecule has 0 aliphatic carbocycles. The second-order valence-corrected chi connectivity index (χ2v) is 6.71. The molecule has 0 unspecified atom stereocenters. The van der Waals surface area contributed by atoms with Crippen LogP contribution in [0, 0.1) is 13.8 Å². The molecule has 0 bridgehead atoms. The fraction of sp³-hybridized carbons (Fsp3) is 0.333. The number of para-hydroxylation sites is 1. The predicted molar refractivity (Wildman–Crippen MR) is 118 cm³/mol. The molecule has 0 saturated heterocycles. The third-order valence-corrected chi connectivity index (χ3v) is 4.76. The van der Waals surface area contributed by atoms with Crippen molar-refractivity contribution in [2.75, 3.05) is 37.9 Å². The third kappa shape index (κ3) is 5.36. The molecule has 0 aliphatic heterocycles. The van der Waals surface area contributed by atoms with Gasteiger partial charge in [-0.25, -0.2) is 0 Å². The maximum Gasteiger partial charge on any atom is 0.243 e. The van der Waals surface area contributed by atoms with Crippen molar-refractivity contribution in [1.29, 1.82) is 0 Å². The first-order valence-electron chi connectivity index (χ1n) is 9.03. The maximum atomic E-state index is 12.6. The molecular formula is C21H27N3O3S. The minimum Gasteiger partial charge on any atom is -0.497 e. The second kappa shape index (κ2) is 9.94. The largest absolute Gasteiger partial charge is 0.497 e. The van der Waals surface area contributed by atoms with Gasteiger partial charge in [0.25, 0.3) is 0 Å². The van der Waals surface area contributed by atoms with Gasteiger partial charge in [-0.1, -0.05) is 18.2 Å². The summed E-state index contributed by atoms with van der Waals surface area (Å²) in [4.78, 5) is 14.4. The fourth-order valence-corrected chi connectivity index (χ4v) is 3.10. The van der Waals surface area contributed by atoms with E-state index in [9.17, 15) is 4.79 Å². The molecule has 2 N–H and O–H groups in total. The molecule has 28 heavy (non-hydrogen) atoms. The molecule has 1 amide bonds. The summed E-state index contributed by atoms with van der Waals surface area (Å²) in [5.41, 5.74) is 3.58. The lowest BCUT2D eigenvalue weighted by atomic mass is 10.1. The Morgan fingerprint density at radius 3 is 2.32 bits per heavy atom. The number of nitrogens with one attached hydrogen (secondary N) is 2. The number of hydrogen-bond acceptors (Lipinski definition) is 4. The van der Waals surface area contributed by atoms with Gasteiger partial charge < -0.3 is 25.0 Å². The molecule has 0 saturated carbocycles. The van der Waals surface area contributed by atoms with Crippen LogP contribution in [0.4, 0.5) is 11.4 Å². The van der Waals surface area contributed by atoms with E-state index in [1.54, 1.807) is 31.3 Å². The monoisotopic (exact) mass is 401 g/mol. The molecule has 0 heterocycles.